The van der Waals surface area contributed by atoms with E-state index in [-0.39, 0.29) is 0 Å². The largest absolute Gasteiger partial charge is 0.459 e. The van der Waals surface area contributed by atoms with Gasteiger partial charge < -0.3 is 9.73 Å². The zero-order valence-electron chi connectivity index (χ0n) is 13.3. The maximum Gasteiger partial charge on any atom is 0.134 e. The van der Waals surface area contributed by atoms with E-state index >= 15 is 0 Å². The Bertz CT molecular complexity index is 556. The summed E-state index contributed by atoms with van der Waals surface area (Å²) >= 11 is 0. The molecule has 0 bridgehead atoms. The van der Waals surface area contributed by atoms with Crippen LogP contribution in [0.25, 0.3) is 11.0 Å². The van der Waals surface area contributed by atoms with Gasteiger partial charge in [0.2, 0.25) is 0 Å². The van der Waals surface area contributed by atoms with Crippen molar-refractivity contribution in [1.82, 2.24) is 5.32 Å². The summed E-state index contributed by atoms with van der Waals surface area (Å²) < 4.78 is 6.06. The maximum atomic E-state index is 6.06. The van der Waals surface area contributed by atoms with Crippen LogP contribution in [0.4, 0.5) is 0 Å². The molecule has 0 aliphatic rings. The van der Waals surface area contributed by atoms with Crippen molar-refractivity contribution in [2.75, 3.05) is 6.54 Å². The highest BCUT2D eigenvalue weighted by Gasteiger charge is 2.14. The number of hydrogen-bond donors (Lipinski definition) is 1. The molecule has 0 amide bonds. The molecule has 1 atom stereocenters. The topological polar surface area (TPSA) is 25.2 Å². The Morgan fingerprint density at radius 3 is 2.65 bits per heavy atom. The molecule has 1 aromatic heterocycles. The van der Waals surface area contributed by atoms with E-state index in [9.17, 15) is 0 Å². The van der Waals surface area contributed by atoms with Crippen molar-refractivity contribution in [2.24, 2.45) is 0 Å². The molecule has 2 nitrogen and oxygen atoms in total. The molecule has 1 heterocycles. The summed E-state index contributed by atoms with van der Waals surface area (Å²) in [7, 11) is 0. The van der Waals surface area contributed by atoms with Crippen molar-refractivity contribution in [1.29, 1.82) is 0 Å². The number of rotatable bonds is 7. The fourth-order valence-electron chi connectivity index (χ4n) is 2.66. The van der Waals surface area contributed by atoms with Crippen molar-refractivity contribution in [3.05, 3.63) is 35.1 Å². The number of nitrogens with one attached hydrogen (secondary N) is 1. The highest BCUT2D eigenvalue weighted by atomic mass is 16.3. The Kier molecular flexibility index (Phi) is 5.24. The van der Waals surface area contributed by atoms with Gasteiger partial charge in [0, 0.05) is 10.9 Å². The van der Waals surface area contributed by atoms with Crippen molar-refractivity contribution >= 4 is 11.0 Å². The molecule has 1 unspecified atom stereocenters. The van der Waals surface area contributed by atoms with Crippen LogP contribution < -0.4 is 5.32 Å². The van der Waals surface area contributed by atoms with Crippen molar-refractivity contribution in [3.8, 4) is 0 Å². The zero-order chi connectivity index (χ0) is 14.5. The monoisotopic (exact) mass is 273 g/mol. The first-order valence-corrected chi connectivity index (χ1v) is 7.96. The summed E-state index contributed by atoms with van der Waals surface area (Å²) in [6.45, 7) is 10.7. The van der Waals surface area contributed by atoms with Gasteiger partial charge in [-0.1, -0.05) is 40.2 Å². The van der Waals surface area contributed by atoms with Gasteiger partial charge in [0.15, 0.2) is 0 Å². The lowest BCUT2D eigenvalue weighted by molar-refractivity contribution is 0.513. The van der Waals surface area contributed by atoms with Crippen LogP contribution in [0.15, 0.2) is 22.6 Å². The molecular weight excluding hydrogens is 246 g/mol. The maximum absolute atomic E-state index is 6.06. The van der Waals surface area contributed by atoms with Crippen LogP contribution in [0, 0.1) is 0 Å². The zero-order valence-corrected chi connectivity index (χ0v) is 13.3. The molecule has 0 radical (unpaired) electrons. The fourth-order valence-corrected chi connectivity index (χ4v) is 2.66. The van der Waals surface area contributed by atoms with Gasteiger partial charge in [-0.3, -0.25) is 0 Å². The molecule has 1 N–H and O–H groups in total. The molecule has 1 aromatic carbocycles. The summed E-state index contributed by atoms with van der Waals surface area (Å²) in [4.78, 5) is 0. The Morgan fingerprint density at radius 2 is 2.00 bits per heavy atom. The van der Waals surface area contributed by atoms with Gasteiger partial charge in [0.25, 0.3) is 0 Å². The van der Waals surface area contributed by atoms with E-state index in [2.05, 4.69) is 51.2 Å². The number of aryl methyl sites for hydroxylation is 1. The van der Waals surface area contributed by atoms with E-state index in [0.29, 0.717) is 5.92 Å². The molecule has 0 saturated heterocycles. The van der Waals surface area contributed by atoms with E-state index in [1.165, 1.54) is 22.9 Å². The normalized spacial score (nSPS) is 13.0. The van der Waals surface area contributed by atoms with E-state index in [1.807, 2.05) is 0 Å². The Labute approximate surface area is 122 Å². The van der Waals surface area contributed by atoms with Crippen LogP contribution in [0.5, 0.6) is 0 Å². The van der Waals surface area contributed by atoms with Gasteiger partial charge in [0.05, 0.1) is 6.54 Å². The van der Waals surface area contributed by atoms with Gasteiger partial charge in [-0.2, -0.15) is 0 Å². The minimum Gasteiger partial charge on any atom is -0.459 e. The second-order valence-electron chi connectivity index (χ2n) is 5.60. The van der Waals surface area contributed by atoms with E-state index < -0.39 is 0 Å². The highest BCUT2D eigenvalue weighted by molar-refractivity contribution is 5.83. The molecule has 0 spiro atoms. The third-order valence-corrected chi connectivity index (χ3v) is 4.12. The van der Waals surface area contributed by atoms with Gasteiger partial charge in [0.1, 0.15) is 11.3 Å². The summed E-state index contributed by atoms with van der Waals surface area (Å²) in [6.07, 6.45) is 3.43. The van der Waals surface area contributed by atoms with Crippen molar-refractivity contribution in [3.63, 3.8) is 0 Å². The summed E-state index contributed by atoms with van der Waals surface area (Å²) in [6, 6.07) is 6.70. The quantitative estimate of drug-likeness (QED) is 0.767. The van der Waals surface area contributed by atoms with Gasteiger partial charge in [-0.25, -0.2) is 0 Å². The molecule has 110 valence electrons. The predicted octanol–water partition coefficient (Wildman–Crippen LogP) is 5.01. The Hall–Kier alpha value is -1.28. The van der Waals surface area contributed by atoms with Crippen LogP contribution in [-0.2, 0) is 13.0 Å². The Balaban J connectivity index is 2.45. The number of hydrogen-bond acceptors (Lipinski definition) is 2. The molecule has 2 aromatic rings. The van der Waals surface area contributed by atoms with E-state index in [4.69, 9.17) is 4.42 Å². The first-order chi connectivity index (χ1) is 9.71. The number of furan rings is 1. The van der Waals surface area contributed by atoms with Crippen LogP contribution in [0.2, 0.25) is 0 Å². The molecule has 20 heavy (non-hydrogen) atoms. The van der Waals surface area contributed by atoms with E-state index in [0.717, 1.165) is 37.3 Å². The Morgan fingerprint density at radius 1 is 1.20 bits per heavy atom. The highest BCUT2D eigenvalue weighted by Crippen LogP contribution is 2.31. The van der Waals surface area contributed by atoms with E-state index in [1.54, 1.807) is 0 Å². The van der Waals surface area contributed by atoms with Crippen molar-refractivity contribution < 1.29 is 4.42 Å². The average molecular weight is 273 g/mol. The number of benzene rings is 1. The molecule has 0 saturated carbocycles. The second-order valence-corrected chi connectivity index (χ2v) is 5.60. The van der Waals surface area contributed by atoms with Crippen LogP contribution in [0.1, 0.15) is 63.3 Å². The third-order valence-electron chi connectivity index (χ3n) is 4.12. The second kappa shape index (κ2) is 6.94. The average Bonchev–Trinajstić information content (AvgIpc) is 2.82. The SMILES string of the molecule is CCCc1c(CNCC)oc2ccc(C(C)CC)cc12. The standard InChI is InChI=1S/C18H27NO/c1-5-8-15-16-11-14(13(4)6-2)9-10-17(16)20-18(15)12-19-7-3/h9-11,13,19H,5-8,12H2,1-4H3. The fraction of sp³-hybridized carbons (Fsp3) is 0.556. The molecule has 2 heteroatoms. The lowest BCUT2D eigenvalue weighted by atomic mass is 9.95. The van der Waals surface area contributed by atoms with Crippen molar-refractivity contribution in [2.45, 2.75) is 59.4 Å². The van der Waals surface area contributed by atoms with Gasteiger partial charge in [-0.05, 0) is 43.0 Å². The number of fused-ring (bicyclic) bond motifs is 1. The predicted molar refractivity (Wildman–Crippen MR) is 86.3 cm³/mol. The minimum atomic E-state index is 0.612. The first kappa shape index (κ1) is 15.1. The lowest BCUT2D eigenvalue weighted by Gasteiger charge is -2.08. The molecule has 2 rings (SSSR count). The van der Waals surface area contributed by atoms with Crippen LogP contribution in [0.3, 0.4) is 0 Å². The summed E-state index contributed by atoms with van der Waals surface area (Å²) in [5, 5.41) is 4.70. The summed E-state index contributed by atoms with van der Waals surface area (Å²) in [5.74, 6) is 1.73. The van der Waals surface area contributed by atoms with Gasteiger partial charge >= 0.3 is 0 Å². The molecule has 0 fully saturated rings. The minimum absolute atomic E-state index is 0.612. The third kappa shape index (κ3) is 3.06. The van der Waals surface area contributed by atoms with Crippen LogP contribution >= 0.6 is 0 Å². The lowest BCUT2D eigenvalue weighted by Crippen LogP contribution is -2.12. The summed E-state index contributed by atoms with van der Waals surface area (Å²) in [5.41, 5.74) is 3.86. The van der Waals surface area contributed by atoms with Gasteiger partial charge in [-0.15, -0.1) is 0 Å². The first-order valence-electron chi connectivity index (χ1n) is 7.96. The smallest absolute Gasteiger partial charge is 0.134 e. The molecule has 0 aliphatic heterocycles. The molecule has 0 aliphatic carbocycles. The molecular formula is C18H27NO. The van der Waals surface area contributed by atoms with Crippen LogP contribution in [-0.4, -0.2) is 6.54 Å².